The van der Waals surface area contributed by atoms with Crippen LogP contribution >= 0.6 is 15.9 Å². The second kappa shape index (κ2) is 5.94. The maximum Gasteiger partial charge on any atom is 0.240 e. The zero-order valence-electron chi connectivity index (χ0n) is 10.9. The molecule has 0 bridgehead atoms. The van der Waals surface area contributed by atoms with Gasteiger partial charge in [-0.25, -0.2) is 13.1 Å². The molecule has 6 nitrogen and oxygen atoms in total. The number of anilines is 1. The Bertz CT molecular complexity index is 712. The van der Waals surface area contributed by atoms with E-state index in [1.807, 2.05) is 13.1 Å². The van der Waals surface area contributed by atoms with Crippen molar-refractivity contribution < 1.29 is 8.42 Å². The van der Waals surface area contributed by atoms with Gasteiger partial charge in [-0.15, -0.1) is 0 Å². The molecular weight excluding hydrogens is 344 g/mol. The van der Waals surface area contributed by atoms with E-state index in [4.69, 9.17) is 5.73 Å². The molecular formula is C12H15BrN4O2S. The lowest BCUT2D eigenvalue weighted by molar-refractivity contribution is 0.579. The quantitative estimate of drug-likeness (QED) is 0.787. The van der Waals surface area contributed by atoms with Crippen LogP contribution in [0, 0.1) is 0 Å². The summed E-state index contributed by atoms with van der Waals surface area (Å²) in [7, 11) is -1.71. The molecule has 1 aromatic heterocycles. The maximum atomic E-state index is 12.1. The van der Waals surface area contributed by atoms with Crippen LogP contribution in [0.5, 0.6) is 0 Å². The number of hydrogen-bond acceptors (Lipinski definition) is 4. The Kier molecular flexibility index (Phi) is 4.46. The number of sulfonamides is 1. The second-order valence-electron chi connectivity index (χ2n) is 4.28. The summed E-state index contributed by atoms with van der Waals surface area (Å²) in [5, 5.41) is 4.03. The highest BCUT2D eigenvalue weighted by atomic mass is 79.9. The predicted octanol–water partition coefficient (Wildman–Crippen LogP) is 1.29. The van der Waals surface area contributed by atoms with Crippen LogP contribution < -0.4 is 10.5 Å². The van der Waals surface area contributed by atoms with Gasteiger partial charge in [0.2, 0.25) is 10.0 Å². The first-order valence-electron chi connectivity index (χ1n) is 5.92. The minimum atomic E-state index is -3.53. The molecule has 0 radical (unpaired) electrons. The zero-order valence-corrected chi connectivity index (χ0v) is 13.3. The third kappa shape index (κ3) is 3.38. The summed E-state index contributed by atoms with van der Waals surface area (Å²) in [5.41, 5.74) is 7.10. The Morgan fingerprint density at radius 1 is 1.40 bits per heavy atom. The Morgan fingerprint density at radius 3 is 2.75 bits per heavy atom. The van der Waals surface area contributed by atoms with E-state index in [2.05, 4.69) is 25.8 Å². The molecule has 0 spiro atoms. The summed E-state index contributed by atoms with van der Waals surface area (Å²) in [6.45, 7) is 0.309. The molecule has 0 aliphatic rings. The topological polar surface area (TPSA) is 90.0 Å². The fourth-order valence-electron chi connectivity index (χ4n) is 1.72. The number of nitrogens with one attached hydrogen (secondary N) is 1. The fourth-order valence-corrected chi connectivity index (χ4v) is 3.31. The maximum absolute atomic E-state index is 12.1. The number of aromatic nitrogens is 2. The lowest BCUT2D eigenvalue weighted by Crippen LogP contribution is -2.26. The van der Waals surface area contributed by atoms with Gasteiger partial charge in [0.1, 0.15) is 0 Å². The number of rotatable bonds is 5. The van der Waals surface area contributed by atoms with Crippen LogP contribution in [0.1, 0.15) is 5.69 Å². The van der Waals surface area contributed by atoms with E-state index in [0.29, 0.717) is 23.1 Å². The molecule has 108 valence electrons. The van der Waals surface area contributed by atoms with E-state index in [1.54, 1.807) is 16.9 Å². The van der Waals surface area contributed by atoms with Crippen molar-refractivity contribution >= 4 is 31.6 Å². The van der Waals surface area contributed by atoms with Gasteiger partial charge in [-0.05, 0) is 40.2 Å². The molecule has 0 saturated heterocycles. The number of nitrogens with two attached hydrogens (primary N) is 1. The monoisotopic (exact) mass is 358 g/mol. The van der Waals surface area contributed by atoms with Crippen LogP contribution in [0.15, 0.2) is 39.8 Å². The average Bonchev–Trinajstić information content (AvgIpc) is 2.78. The minimum Gasteiger partial charge on any atom is -0.398 e. The predicted molar refractivity (Wildman–Crippen MR) is 80.7 cm³/mol. The largest absolute Gasteiger partial charge is 0.398 e. The summed E-state index contributed by atoms with van der Waals surface area (Å²) >= 11 is 3.22. The van der Waals surface area contributed by atoms with Gasteiger partial charge in [0, 0.05) is 42.1 Å². The van der Waals surface area contributed by atoms with Crippen LogP contribution in [0.3, 0.4) is 0 Å². The summed E-state index contributed by atoms with van der Waals surface area (Å²) < 4.78 is 29.1. The molecule has 0 amide bonds. The molecule has 0 aliphatic heterocycles. The first kappa shape index (κ1) is 15.0. The highest BCUT2D eigenvalue weighted by Crippen LogP contribution is 2.22. The van der Waals surface area contributed by atoms with Crippen LogP contribution in [0.2, 0.25) is 0 Å². The molecule has 0 saturated carbocycles. The third-order valence-corrected chi connectivity index (χ3v) is 5.02. The number of hydrogen-bond donors (Lipinski definition) is 2. The molecule has 0 fully saturated rings. The Hall–Kier alpha value is -1.38. The van der Waals surface area contributed by atoms with Crippen molar-refractivity contribution in [3.8, 4) is 0 Å². The molecule has 20 heavy (non-hydrogen) atoms. The fraction of sp³-hybridized carbons (Fsp3) is 0.250. The summed E-state index contributed by atoms with van der Waals surface area (Å²) in [6, 6.07) is 6.38. The second-order valence-corrected chi connectivity index (χ2v) is 6.90. The molecule has 3 N–H and O–H groups in total. The van der Waals surface area contributed by atoms with Gasteiger partial charge in [0.25, 0.3) is 0 Å². The van der Waals surface area contributed by atoms with E-state index >= 15 is 0 Å². The van der Waals surface area contributed by atoms with Gasteiger partial charge in [0.15, 0.2) is 0 Å². The molecule has 1 heterocycles. The SMILES string of the molecule is Cn1nccc1CCNS(=O)(=O)c1ccc(N)c(Br)c1. The van der Waals surface area contributed by atoms with E-state index in [1.165, 1.54) is 12.1 Å². The smallest absolute Gasteiger partial charge is 0.240 e. The molecule has 2 aromatic rings. The number of nitrogen functional groups attached to an aromatic ring is 1. The van der Waals surface area contributed by atoms with Gasteiger partial charge >= 0.3 is 0 Å². The third-order valence-electron chi connectivity index (χ3n) is 2.88. The van der Waals surface area contributed by atoms with Gasteiger partial charge in [-0.1, -0.05) is 0 Å². The van der Waals surface area contributed by atoms with Gasteiger partial charge in [-0.3, -0.25) is 4.68 Å². The van der Waals surface area contributed by atoms with E-state index in [9.17, 15) is 8.42 Å². The molecule has 2 rings (SSSR count). The van der Waals surface area contributed by atoms with Crippen molar-refractivity contribution in [3.05, 3.63) is 40.6 Å². The van der Waals surface area contributed by atoms with Crippen molar-refractivity contribution in [2.45, 2.75) is 11.3 Å². The lowest BCUT2D eigenvalue weighted by Gasteiger charge is -2.08. The number of nitrogens with zero attached hydrogens (tertiary/aromatic N) is 2. The zero-order chi connectivity index (χ0) is 14.8. The molecule has 1 aromatic carbocycles. The summed E-state index contributed by atoms with van der Waals surface area (Å²) in [5.74, 6) is 0. The Balaban J connectivity index is 2.04. The van der Waals surface area contributed by atoms with Crippen molar-refractivity contribution in [1.82, 2.24) is 14.5 Å². The van der Waals surface area contributed by atoms with Gasteiger partial charge in [-0.2, -0.15) is 5.10 Å². The lowest BCUT2D eigenvalue weighted by atomic mass is 10.3. The van der Waals surface area contributed by atoms with Crippen LogP contribution in [-0.2, 0) is 23.5 Å². The van der Waals surface area contributed by atoms with Crippen molar-refractivity contribution in [2.24, 2.45) is 7.05 Å². The van der Waals surface area contributed by atoms with Crippen molar-refractivity contribution in [2.75, 3.05) is 12.3 Å². The Labute approximate surface area is 126 Å². The number of aryl methyl sites for hydroxylation is 1. The van der Waals surface area contributed by atoms with Crippen molar-refractivity contribution in [3.63, 3.8) is 0 Å². The van der Waals surface area contributed by atoms with Gasteiger partial charge in [0.05, 0.1) is 4.90 Å². The average molecular weight is 359 g/mol. The number of halogens is 1. The van der Waals surface area contributed by atoms with Crippen molar-refractivity contribution in [1.29, 1.82) is 0 Å². The van der Waals surface area contributed by atoms with Crippen LogP contribution in [0.4, 0.5) is 5.69 Å². The summed E-state index contributed by atoms with van der Waals surface area (Å²) in [6.07, 6.45) is 2.26. The normalized spacial score (nSPS) is 11.7. The standard InChI is InChI=1S/C12H15BrN4O2S/c1-17-9(4-6-15-17)5-7-16-20(18,19)10-2-3-12(14)11(13)8-10/h2-4,6,8,16H,5,7,14H2,1H3. The van der Waals surface area contributed by atoms with Crippen LogP contribution in [-0.4, -0.2) is 24.7 Å². The molecule has 0 unspecified atom stereocenters. The molecule has 8 heteroatoms. The molecule has 0 aliphatic carbocycles. The Morgan fingerprint density at radius 2 is 2.15 bits per heavy atom. The van der Waals surface area contributed by atoms with E-state index < -0.39 is 10.0 Å². The highest BCUT2D eigenvalue weighted by Gasteiger charge is 2.14. The first-order chi connectivity index (χ1) is 9.40. The van der Waals surface area contributed by atoms with E-state index in [-0.39, 0.29) is 4.90 Å². The first-order valence-corrected chi connectivity index (χ1v) is 8.19. The molecule has 0 atom stereocenters. The van der Waals surface area contributed by atoms with Gasteiger partial charge < -0.3 is 5.73 Å². The number of benzene rings is 1. The minimum absolute atomic E-state index is 0.184. The highest BCUT2D eigenvalue weighted by molar-refractivity contribution is 9.10. The van der Waals surface area contributed by atoms with Crippen LogP contribution in [0.25, 0.3) is 0 Å². The summed E-state index contributed by atoms with van der Waals surface area (Å²) in [4.78, 5) is 0.184. The van der Waals surface area contributed by atoms with E-state index in [0.717, 1.165) is 5.69 Å².